The van der Waals surface area contributed by atoms with Crippen molar-refractivity contribution < 1.29 is 13.3 Å². The van der Waals surface area contributed by atoms with Crippen LogP contribution in [0.1, 0.15) is 6.04 Å². The zero-order valence-corrected chi connectivity index (χ0v) is 13.4. The summed E-state index contributed by atoms with van der Waals surface area (Å²) in [4.78, 5) is 12.7. The summed E-state index contributed by atoms with van der Waals surface area (Å²) in [6.07, 6.45) is 0. The van der Waals surface area contributed by atoms with Gasteiger partial charge in [0.25, 0.3) is 0 Å². The predicted molar refractivity (Wildman–Crippen MR) is 79.4 cm³/mol. The number of hydrogen-bond acceptors (Lipinski definition) is 7. The van der Waals surface area contributed by atoms with E-state index < -0.39 is 14.8 Å². The molecular formula is C10H14BrN5O4S. The molecular weight excluding hydrogens is 366 g/mol. The van der Waals surface area contributed by atoms with E-state index in [4.69, 9.17) is 0 Å². The number of nitro groups is 1. The molecule has 0 unspecified atom stereocenters. The van der Waals surface area contributed by atoms with Crippen molar-refractivity contribution in [2.24, 2.45) is 0 Å². The summed E-state index contributed by atoms with van der Waals surface area (Å²) in [5, 5.41) is 18.7. The maximum atomic E-state index is 11.4. The van der Waals surface area contributed by atoms with Crippen molar-refractivity contribution in [3.05, 3.63) is 14.7 Å². The third-order valence-electron chi connectivity index (χ3n) is 3.66. The van der Waals surface area contributed by atoms with Gasteiger partial charge in [-0.1, -0.05) is 0 Å². The van der Waals surface area contributed by atoms with Crippen molar-refractivity contribution in [3.63, 3.8) is 0 Å². The van der Waals surface area contributed by atoms with Crippen molar-refractivity contribution in [3.8, 4) is 0 Å². The van der Waals surface area contributed by atoms with Crippen LogP contribution in [0.5, 0.6) is 0 Å². The van der Waals surface area contributed by atoms with E-state index in [1.165, 1.54) is 4.68 Å². The Hall–Kier alpha value is -1.20. The SMILES string of the molecule is O=[N+]([O-])c1c(Br)nn(C2CS(=O)(=O)C2)c1N1CCNCC1. The van der Waals surface area contributed by atoms with E-state index in [1.54, 1.807) is 0 Å². The highest BCUT2D eigenvalue weighted by Gasteiger charge is 2.41. The third-order valence-corrected chi connectivity index (χ3v) is 5.98. The Bertz CT molecular complexity index is 670. The van der Waals surface area contributed by atoms with Crippen molar-refractivity contribution >= 4 is 37.3 Å². The predicted octanol–water partition coefficient (Wildman–Crippen LogP) is -0.0671. The first kappa shape index (κ1) is 14.7. The molecule has 3 heterocycles. The first-order valence-corrected chi connectivity index (χ1v) is 9.09. The third kappa shape index (κ3) is 2.64. The molecule has 2 aliphatic heterocycles. The van der Waals surface area contributed by atoms with Gasteiger partial charge in [0.15, 0.2) is 9.84 Å². The summed E-state index contributed by atoms with van der Waals surface area (Å²) < 4.78 is 24.4. The van der Waals surface area contributed by atoms with Crippen LogP contribution in [-0.4, -0.2) is 60.8 Å². The molecule has 0 aromatic carbocycles. The average molecular weight is 380 g/mol. The Labute approximate surface area is 129 Å². The maximum absolute atomic E-state index is 11.4. The Morgan fingerprint density at radius 1 is 1.33 bits per heavy atom. The van der Waals surface area contributed by atoms with E-state index in [-0.39, 0.29) is 27.8 Å². The molecule has 21 heavy (non-hydrogen) atoms. The number of sulfone groups is 1. The molecule has 9 nitrogen and oxygen atoms in total. The summed E-state index contributed by atoms with van der Waals surface area (Å²) in [5.41, 5.74) is -0.0961. The van der Waals surface area contributed by atoms with Crippen LogP contribution in [-0.2, 0) is 9.84 Å². The minimum Gasteiger partial charge on any atom is -0.348 e. The quantitative estimate of drug-likeness (QED) is 0.578. The zero-order valence-electron chi connectivity index (χ0n) is 11.0. The Morgan fingerprint density at radius 2 is 1.95 bits per heavy atom. The molecule has 2 saturated heterocycles. The van der Waals surface area contributed by atoms with Gasteiger partial charge in [-0.25, -0.2) is 13.1 Å². The lowest BCUT2D eigenvalue weighted by molar-refractivity contribution is -0.385. The Kier molecular flexibility index (Phi) is 3.66. The van der Waals surface area contributed by atoms with Crippen LogP contribution in [0.4, 0.5) is 11.5 Å². The highest BCUT2D eigenvalue weighted by molar-refractivity contribution is 9.10. The normalized spacial score (nSPS) is 22.0. The molecule has 11 heteroatoms. The molecule has 116 valence electrons. The van der Waals surface area contributed by atoms with E-state index in [1.807, 2.05) is 4.90 Å². The lowest BCUT2D eigenvalue weighted by Crippen LogP contribution is -2.46. The zero-order chi connectivity index (χ0) is 15.2. The molecule has 0 radical (unpaired) electrons. The second-order valence-corrected chi connectivity index (χ2v) is 8.04. The fourth-order valence-electron chi connectivity index (χ4n) is 2.65. The van der Waals surface area contributed by atoms with Gasteiger partial charge in [-0.15, -0.1) is 0 Å². The van der Waals surface area contributed by atoms with E-state index in [0.29, 0.717) is 18.9 Å². The van der Waals surface area contributed by atoms with Gasteiger partial charge in [0.2, 0.25) is 10.4 Å². The topological polar surface area (TPSA) is 110 Å². The van der Waals surface area contributed by atoms with E-state index in [9.17, 15) is 18.5 Å². The van der Waals surface area contributed by atoms with Crippen LogP contribution in [0.15, 0.2) is 4.60 Å². The average Bonchev–Trinajstić information content (AvgIpc) is 2.74. The first-order chi connectivity index (χ1) is 9.89. The molecule has 0 bridgehead atoms. The monoisotopic (exact) mass is 379 g/mol. The minimum atomic E-state index is -3.03. The van der Waals surface area contributed by atoms with Gasteiger partial charge in [0.05, 0.1) is 22.5 Å². The van der Waals surface area contributed by atoms with Crippen molar-refractivity contribution in [2.75, 3.05) is 42.6 Å². The number of aromatic nitrogens is 2. The second-order valence-electron chi connectivity index (χ2n) is 5.13. The first-order valence-electron chi connectivity index (χ1n) is 6.47. The van der Waals surface area contributed by atoms with Gasteiger partial charge < -0.3 is 10.2 Å². The van der Waals surface area contributed by atoms with E-state index in [0.717, 1.165) is 13.1 Å². The number of nitrogens with one attached hydrogen (secondary N) is 1. The van der Waals surface area contributed by atoms with Crippen LogP contribution >= 0.6 is 15.9 Å². The fourth-order valence-corrected chi connectivity index (χ4v) is 4.50. The van der Waals surface area contributed by atoms with Crippen molar-refractivity contribution in [1.29, 1.82) is 0 Å². The number of anilines is 1. The molecule has 2 fully saturated rings. The standard InChI is InChI=1S/C10H14BrN5O4S/c11-9-8(16(17)18)10(14-3-1-12-2-4-14)15(13-9)7-5-21(19,20)6-7/h7,12H,1-6H2. The summed E-state index contributed by atoms with van der Waals surface area (Å²) in [6, 6.07) is -0.329. The molecule has 0 atom stereocenters. The smallest absolute Gasteiger partial charge is 0.345 e. The molecule has 3 rings (SSSR count). The van der Waals surface area contributed by atoms with Gasteiger partial charge in [0.1, 0.15) is 0 Å². The van der Waals surface area contributed by atoms with Gasteiger partial charge in [0, 0.05) is 26.2 Å². The summed E-state index contributed by atoms with van der Waals surface area (Å²) >= 11 is 3.12. The molecule has 1 aromatic heterocycles. The van der Waals surface area contributed by atoms with Crippen LogP contribution in [0.25, 0.3) is 0 Å². The number of piperazine rings is 1. The Balaban J connectivity index is 2.03. The number of hydrogen-bond donors (Lipinski definition) is 1. The van der Waals surface area contributed by atoms with E-state index >= 15 is 0 Å². The van der Waals surface area contributed by atoms with Gasteiger partial charge in [-0.3, -0.25) is 10.1 Å². The minimum absolute atomic E-state index is 0.0165. The maximum Gasteiger partial charge on any atom is 0.345 e. The molecule has 0 aliphatic carbocycles. The Morgan fingerprint density at radius 3 is 2.48 bits per heavy atom. The highest BCUT2D eigenvalue weighted by Crippen LogP contribution is 2.39. The highest BCUT2D eigenvalue weighted by atomic mass is 79.9. The second kappa shape index (κ2) is 5.21. The van der Waals surface area contributed by atoms with Crippen molar-refractivity contribution in [1.82, 2.24) is 15.1 Å². The largest absolute Gasteiger partial charge is 0.348 e. The number of rotatable bonds is 3. The molecule has 1 N–H and O–H groups in total. The van der Waals surface area contributed by atoms with Gasteiger partial charge in [-0.2, -0.15) is 5.10 Å². The molecule has 0 spiro atoms. The van der Waals surface area contributed by atoms with Gasteiger partial charge >= 0.3 is 5.69 Å². The van der Waals surface area contributed by atoms with Crippen LogP contribution in [0.2, 0.25) is 0 Å². The number of nitrogens with zero attached hydrogens (tertiary/aromatic N) is 4. The summed E-state index contributed by atoms with van der Waals surface area (Å²) in [7, 11) is -3.03. The lowest BCUT2D eigenvalue weighted by Gasteiger charge is -2.33. The van der Waals surface area contributed by atoms with Crippen molar-refractivity contribution in [2.45, 2.75) is 6.04 Å². The fraction of sp³-hybridized carbons (Fsp3) is 0.700. The van der Waals surface area contributed by atoms with Crippen LogP contribution in [0, 0.1) is 10.1 Å². The molecule has 0 amide bonds. The van der Waals surface area contributed by atoms with Gasteiger partial charge in [-0.05, 0) is 15.9 Å². The van der Waals surface area contributed by atoms with E-state index in [2.05, 4.69) is 26.3 Å². The number of halogens is 1. The summed E-state index contributed by atoms with van der Waals surface area (Å²) in [6.45, 7) is 2.70. The van der Waals surface area contributed by atoms with Crippen LogP contribution < -0.4 is 10.2 Å². The summed E-state index contributed by atoms with van der Waals surface area (Å²) in [5.74, 6) is 0.364. The van der Waals surface area contributed by atoms with Crippen LogP contribution in [0.3, 0.4) is 0 Å². The molecule has 0 saturated carbocycles. The lowest BCUT2D eigenvalue weighted by atomic mass is 10.3. The molecule has 2 aliphatic rings. The molecule has 1 aromatic rings.